The molecule has 1 fully saturated rings. The summed E-state index contributed by atoms with van der Waals surface area (Å²) in [6, 6.07) is 7.63. The van der Waals surface area contributed by atoms with Crippen LogP contribution in [-0.2, 0) is 27.2 Å². The van der Waals surface area contributed by atoms with Crippen LogP contribution in [0.2, 0.25) is 0 Å². The first-order chi connectivity index (χ1) is 17.5. The summed E-state index contributed by atoms with van der Waals surface area (Å²) >= 11 is 0. The van der Waals surface area contributed by atoms with Crippen LogP contribution in [0, 0.1) is 11.3 Å². The van der Waals surface area contributed by atoms with Gasteiger partial charge in [0.2, 0.25) is 0 Å². The lowest BCUT2D eigenvalue weighted by atomic mass is 9.66. The van der Waals surface area contributed by atoms with Gasteiger partial charge in [-0.3, -0.25) is 9.59 Å². The quantitative estimate of drug-likeness (QED) is 0.303. The van der Waals surface area contributed by atoms with Crippen molar-refractivity contribution in [3.8, 4) is 0 Å². The fourth-order valence-electron chi connectivity index (χ4n) is 4.95. The van der Waals surface area contributed by atoms with Crippen LogP contribution >= 0.6 is 0 Å². The Morgan fingerprint density at radius 3 is 1.86 bits per heavy atom. The molecule has 2 aliphatic rings. The maximum atomic E-state index is 13.0. The van der Waals surface area contributed by atoms with Gasteiger partial charge in [-0.15, -0.1) is 0 Å². The van der Waals surface area contributed by atoms with Crippen LogP contribution in [0.25, 0.3) is 0 Å². The normalized spacial score (nSPS) is 20.1. The lowest BCUT2D eigenvalue weighted by Gasteiger charge is -2.31. The van der Waals surface area contributed by atoms with Gasteiger partial charge in [0, 0.05) is 0 Å². The van der Waals surface area contributed by atoms with E-state index in [4.69, 9.17) is 4.74 Å². The average molecular weight is 506 g/mol. The number of rotatable bonds is 8. The predicted molar refractivity (Wildman–Crippen MR) is 122 cm³/mol. The first kappa shape index (κ1) is 25.0. The van der Waals surface area contributed by atoms with E-state index < -0.39 is 69.4 Å². The largest absolute Gasteiger partial charge is 0.478 e. The molecule has 2 unspecified atom stereocenters. The van der Waals surface area contributed by atoms with Crippen LogP contribution in [0.5, 0.6) is 0 Å². The zero-order chi connectivity index (χ0) is 27.1. The number of aromatic carboxylic acids is 4. The third-order valence-electron chi connectivity index (χ3n) is 6.47. The second-order valence-electron chi connectivity index (χ2n) is 8.54. The van der Waals surface area contributed by atoms with E-state index in [1.165, 1.54) is 42.5 Å². The number of hydrogen-bond donors (Lipinski definition) is 4. The highest BCUT2D eigenvalue weighted by atomic mass is 16.6. The van der Waals surface area contributed by atoms with Gasteiger partial charge in [0.15, 0.2) is 0 Å². The molecule has 0 bridgehead atoms. The second kappa shape index (κ2) is 9.19. The van der Waals surface area contributed by atoms with Crippen molar-refractivity contribution in [1.29, 1.82) is 0 Å². The minimum Gasteiger partial charge on any atom is -0.478 e. The van der Waals surface area contributed by atoms with Gasteiger partial charge >= 0.3 is 35.8 Å². The molecule has 4 N–H and O–H groups in total. The minimum absolute atomic E-state index is 0.0194. The number of allylic oxidation sites excluding steroid dienone is 2. The summed E-state index contributed by atoms with van der Waals surface area (Å²) in [6.07, 6.45) is 3.68. The molecule has 1 heterocycles. The molecule has 0 aromatic heterocycles. The Kier molecular flexibility index (Phi) is 6.22. The molecule has 0 saturated carbocycles. The summed E-state index contributed by atoms with van der Waals surface area (Å²) in [6.45, 7) is 0. The first-order valence-corrected chi connectivity index (χ1v) is 10.8. The minimum atomic E-state index is -1.73. The maximum absolute atomic E-state index is 13.0. The molecule has 0 amide bonds. The molecular weight excluding hydrogens is 488 g/mol. The van der Waals surface area contributed by atoms with Crippen LogP contribution in [0.15, 0.2) is 60.2 Å². The topological polar surface area (TPSA) is 193 Å². The third kappa shape index (κ3) is 4.16. The molecule has 11 nitrogen and oxygen atoms in total. The average Bonchev–Trinajstić information content (AvgIpc) is 3.08. The van der Waals surface area contributed by atoms with E-state index in [-0.39, 0.29) is 29.5 Å². The molecule has 37 heavy (non-hydrogen) atoms. The molecule has 1 aliphatic carbocycles. The van der Waals surface area contributed by atoms with E-state index in [1.807, 2.05) is 0 Å². The molecule has 188 valence electrons. The predicted octanol–water partition coefficient (Wildman–Crippen LogP) is 2.45. The summed E-state index contributed by atoms with van der Waals surface area (Å²) in [5.41, 5.74) is -3.39. The van der Waals surface area contributed by atoms with E-state index in [0.717, 1.165) is 12.1 Å². The van der Waals surface area contributed by atoms with Crippen molar-refractivity contribution in [3.05, 3.63) is 93.6 Å². The number of carboxylic acids is 4. The fraction of sp³-hybridized carbons (Fsp3) is 0.154. The van der Waals surface area contributed by atoms with Crippen LogP contribution in [0.1, 0.15) is 52.6 Å². The molecule has 0 spiro atoms. The van der Waals surface area contributed by atoms with Gasteiger partial charge < -0.3 is 25.2 Å². The van der Waals surface area contributed by atoms with E-state index in [1.54, 1.807) is 0 Å². The van der Waals surface area contributed by atoms with Crippen LogP contribution in [0.4, 0.5) is 0 Å². The highest BCUT2D eigenvalue weighted by molar-refractivity contribution is 6.05. The molecule has 2 aromatic rings. The van der Waals surface area contributed by atoms with Crippen molar-refractivity contribution in [2.75, 3.05) is 0 Å². The number of cyclic esters (lactones) is 2. The molecule has 11 heteroatoms. The van der Waals surface area contributed by atoms with Crippen LogP contribution in [-0.4, -0.2) is 56.2 Å². The third-order valence-corrected chi connectivity index (χ3v) is 6.47. The highest BCUT2D eigenvalue weighted by Gasteiger charge is 2.58. The van der Waals surface area contributed by atoms with E-state index in [0.29, 0.717) is 0 Å². The number of carbonyl (C=O) groups excluding carboxylic acids is 2. The van der Waals surface area contributed by atoms with Gasteiger partial charge in [-0.2, -0.15) is 0 Å². The lowest BCUT2D eigenvalue weighted by Crippen LogP contribution is -2.38. The van der Waals surface area contributed by atoms with Crippen molar-refractivity contribution in [2.24, 2.45) is 11.3 Å². The van der Waals surface area contributed by atoms with Gasteiger partial charge in [0.1, 0.15) is 5.41 Å². The molecule has 1 saturated heterocycles. The van der Waals surface area contributed by atoms with Crippen molar-refractivity contribution >= 4 is 35.8 Å². The Morgan fingerprint density at radius 2 is 1.32 bits per heavy atom. The number of esters is 2. The Labute approximate surface area is 207 Å². The smallest absolute Gasteiger partial charge is 0.336 e. The summed E-state index contributed by atoms with van der Waals surface area (Å²) in [4.78, 5) is 72.9. The van der Waals surface area contributed by atoms with E-state index in [2.05, 4.69) is 0 Å². The number of benzene rings is 2. The number of fused-ring (bicyclic) bond motifs is 1. The SMILES string of the molecule is O=C(O)c1cccc(CC2=CC=CC3(Cc4cccc(C(=O)O)c4C(=O)O)C(=O)OC(=O)C23)c1C(=O)O. The van der Waals surface area contributed by atoms with Crippen LogP contribution in [0.3, 0.4) is 0 Å². The molecule has 2 aromatic carbocycles. The summed E-state index contributed by atoms with van der Waals surface area (Å²) in [5.74, 6) is -9.18. The van der Waals surface area contributed by atoms with Crippen LogP contribution < -0.4 is 0 Å². The summed E-state index contributed by atoms with van der Waals surface area (Å²) < 4.78 is 4.93. The number of hydrogen-bond acceptors (Lipinski definition) is 7. The van der Waals surface area contributed by atoms with Gasteiger partial charge in [0.25, 0.3) is 0 Å². The van der Waals surface area contributed by atoms with Gasteiger partial charge in [-0.25, -0.2) is 19.2 Å². The Hall–Kier alpha value is -5.06. The summed E-state index contributed by atoms with van der Waals surface area (Å²) in [7, 11) is 0. The zero-order valence-corrected chi connectivity index (χ0v) is 18.8. The molecule has 1 aliphatic heterocycles. The fourth-order valence-corrected chi connectivity index (χ4v) is 4.95. The van der Waals surface area contributed by atoms with Gasteiger partial charge in [-0.1, -0.05) is 48.1 Å². The number of carbonyl (C=O) groups is 6. The summed E-state index contributed by atoms with van der Waals surface area (Å²) in [5, 5.41) is 38.2. The Bertz CT molecular complexity index is 1460. The van der Waals surface area contributed by atoms with Crippen molar-refractivity contribution in [3.63, 3.8) is 0 Å². The monoisotopic (exact) mass is 506 g/mol. The Morgan fingerprint density at radius 1 is 0.784 bits per heavy atom. The zero-order valence-electron chi connectivity index (χ0n) is 18.8. The Balaban J connectivity index is 1.81. The number of carboxylic acid groups (broad SMARTS) is 4. The molecule has 2 atom stereocenters. The van der Waals surface area contributed by atoms with E-state index in [9.17, 15) is 49.2 Å². The first-order valence-electron chi connectivity index (χ1n) is 10.8. The lowest BCUT2D eigenvalue weighted by molar-refractivity contribution is -0.154. The maximum Gasteiger partial charge on any atom is 0.336 e. The highest BCUT2D eigenvalue weighted by Crippen LogP contribution is 2.48. The van der Waals surface area contributed by atoms with Gasteiger partial charge in [-0.05, 0) is 36.1 Å². The molecular formula is C26H18O11. The molecule has 4 rings (SSSR count). The molecule has 0 radical (unpaired) electrons. The standard InChI is InChI=1S/C26H18O11/c27-20(28)15-7-1-4-12(17(15)22(31)32)10-13-6-3-9-26(19(13)24(35)37-25(26)36)11-14-5-2-8-16(21(29)30)18(14)23(33)34/h1-9,19H,10-11H2,(H,27,28)(H,29,30)(H,31,32)(H,33,34). The van der Waals surface area contributed by atoms with Gasteiger partial charge in [0.05, 0.1) is 28.2 Å². The van der Waals surface area contributed by atoms with Crippen molar-refractivity contribution in [1.82, 2.24) is 0 Å². The second-order valence-corrected chi connectivity index (χ2v) is 8.54. The van der Waals surface area contributed by atoms with Crippen molar-refractivity contribution < 1.29 is 53.9 Å². The number of ether oxygens (including phenoxy) is 1. The van der Waals surface area contributed by atoms with Crippen molar-refractivity contribution in [2.45, 2.75) is 12.8 Å². The van der Waals surface area contributed by atoms with E-state index >= 15 is 0 Å².